The first-order valence-corrected chi connectivity index (χ1v) is 9.09. The highest BCUT2D eigenvalue weighted by molar-refractivity contribution is 8.06. The Morgan fingerprint density at radius 3 is 2.41 bits per heavy atom. The molecule has 0 aromatic heterocycles. The zero-order valence-corrected chi connectivity index (χ0v) is 16.6. The van der Waals surface area contributed by atoms with Crippen LogP contribution < -0.4 is 0 Å². The van der Waals surface area contributed by atoms with Gasteiger partial charge in [0.25, 0.3) is 0 Å². The van der Waals surface area contributed by atoms with E-state index in [-0.39, 0.29) is 0 Å². The number of ether oxygens (including phenoxy) is 1. The summed E-state index contributed by atoms with van der Waals surface area (Å²) in [5.74, 6) is -0.511. The Labute approximate surface area is 152 Å². The molecule has 0 spiro atoms. The molecule has 22 heavy (non-hydrogen) atoms. The number of allylic oxidation sites excluding steroid dienone is 2. The molecule has 0 amide bonds. The van der Waals surface area contributed by atoms with Gasteiger partial charge in [-0.15, -0.1) is 0 Å². The maximum absolute atomic E-state index is 12.2. The number of halogens is 3. The van der Waals surface area contributed by atoms with Gasteiger partial charge in [0.05, 0.1) is 11.1 Å². The van der Waals surface area contributed by atoms with E-state index in [0.29, 0.717) is 0 Å². The van der Waals surface area contributed by atoms with Crippen molar-refractivity contribution in [3.05, 3.63) is 21.7 Å². The first-order chi connectivity index (χ1) is 9.99. The minimum Gasteiger partial charge on any atom is -0.452 e. The molecule has 0 aromatic carbocycles. The lowest BCUT2D eigenvalue weighted by Crippen LogP contribution is -2.41. The maximum atomic E-state index is 12.2. The second-order valence-corrected chi connectivity index (χ2v) is 9.18. The van der Waals surface area contributed by atoms with Crippen molar-refractivity contribution in [3.8, 4) is 0 Å². The summed E-state index contributed by atoms with van der Waals surface area (Å²) in [5.41, 5.74) is -0.0426. The Kier molecular flexibility index (Phi) is 7.00. The molecule has 1 heterocycles. The van der Waals surface area contributed by atoms with Crippen molar-refractivity contribution in [1.29, 1.82) is 0 Å². The molecule has 1 aliphatic heterocycles. The van der Waals surface area contributed by atoms with Crippen LogP contribution >= 0.6 is 46.6 Å². The van der Waals surface area contributed by atoms with Crippen molar-refractivity contribution in [2.75, 3.05) is 6.54 Å². The minimum atomic E-state index is -1.68. The molecular weight excluding hydrogens is 365 g/mol. The van der Waals surface area contributed by atoms with Crippen LogP contribution in [0.5, 0.6) is 0 Å². The van der Waals surface area contributed by atoms with Gasteiger partial charge in [0.1, 0.15) is 0 Å². The number of carbonyl (C=O) groups is 1. The average molecular weight is 387 g/mol. The average Bonchev–Trinajstić information content (AvgIpc) is 2.60. The molecule has 0 radical (unpaired) electrons. The number of nitrogens with zero attached hydrogens (tertiary/aromatic N) is 1. The fourth-order valence-corrected chi connectivity index (χ4v) is 2.96. The highest BCUT2D eigenvalue weighted by atomic mass is 35.6. The van der Waals surface area contributed by atoms with Crippen molar-refractivity contribution < 1.29 is 9.53 Å². The number of hydrogen-bond donors (Lipinski definition) is 0. The normalized spacial score (nSPS) is 18.4. The molecule has 1 aliphatic rings. The van der Waals surface area contributed by atoms with Crippen molar-refractivity contribution in [2.24, 2.45) is 0 Å². The predicted octanol–water partition coefficient (Wildman–Crippen LogP) is 5.62. The number of alkyl halides is 3. The molecule has 0 atom stereocenters. The molecule has 0 bridgehead atoms. The van der Waals surface area contributed by atoms with E-state index < -0.39 is 15.4 Å². The molecule has 0 aliphatic carbocycles. The number of esters is 1. The Balaban J connectivity index is 2.86. The van der Waals surface area contributed by atoms with Gasteiger partial charge < -0.3 is 9.64 Å². The van der Waals surface area contributed by atoms with Crippen LogP contribution in [0.3, 0.4) is 0 Å². The number of carbonyl (C=O) groups excluding carboxylic acids is 1. The second kappa shape index (κ2) is 7.69. The fourth-order valence-electron chi connectivity index (χ4n) is 1.78. The predicted molar refractivity (Wildman–Crippen MR) is 96.1 cm³/mol. The van der Waals surface area contributed by atoms with Gasteiger partial charge in [-0.25, -0.2) is 4.79 Å². The summed E-state index contributed by atoms with van der Waals surface area (Å²) in [6.07, 6.45) is 3.61. The third-order valence-electron chi connectivity index (χ3n) is 3.45. The zero-order chi connectivity index (χ0) is 17.1. The molecular formula is C15H22Cl3NO2S. The third kappa shape index (κ3) is 4.98. The van der Waals surface area contributed by atoms with Gasteiger partial charge in [-0.2, -0.15) is 0 Å². The molecule has 3 nitrogen and oxygen atoms in total. The molecule has 1 rings (SSSR count). The van der Waals surface area contributed by atoms with E-state index in [0.717, 1.165) is 30.1 Å². The highest BCUT2D eigenvalue weighted by Gasteiger charge is 2.44. The van der Waals surface area contributed by atoms with Crippen molar-refractivity contribution in [1.82, 2.24) is 4.90 Å². The SMILES string of the molecule is CCCCN1C(C)=C(C)S/C1=C\C(=O)OC(C)(C)C(Cl)(Cl)Cl. The zero-order valence-electron chi connectivity index (χ0n) is 13.5. The van der Waals surface area contributed by atoms with Crippen molar-refractivity contribution in [3.63, 3.8) is 0 Å². The maximum Gasteiger partial charge on any atom is 0.334 e. The lowest BCUT2D eigenvalue weighted by atomic mass is 10.2. The molecule has 7 heteroatoms. The van der Waals surface area contributed by atoms with Gasteiger partial charge in [0.15, 0.2) is 5.60 Å². The first kappa shape index (κ1) is 20.0. The summed E-state index contributed by atoms with van der Waals surface area (Å²) in [5, 5.41) is 0.855. The van der Waals surface area contributed by atoms with Crippen LogP contribution in [0.1, 0.15) is 47.5 Å². The summed E-state index contributed by atoms with van der Waals surface area (Å²) in [7, 11) is 0. The van der Waals surface area contributed by atoms with Crippen LogP contribution in [0.25, 0.3) is 0 Å². The third-order valence-corrected chi connectivity index (χ3v) is 5.97. The first-order valence-electron chi connectivity index (χ1n) is 7.14. The van der Waals surface area contributed by atoms with Crippen LogP contribution in [0, 0.1) is 0 Å². The monoisotopic (exact) mass is 385 g/mol. The smallest absolute Gasteiger partial charge is 0.334 e. The van der Waals surface area contributed by atoms with E-state index in [1.807, 2.05) is 6.92 Å². The van der Waals surface area contributed by atoms with E-state index in [1.54, 1.807) is 25.6 Å². The number of hydrogen-bond acceptors (Lipinski definition) is 4. The fraction of sp³-hybridized carbons (Fsp3) is 0.667. The highest BCUT2D eigenvalue weighted by Crippen LogP contribution is 2.42. The number of unbranched alkanes of at least 4 members (excludes halogenated alkanes) is 1. The van der Waals surface area contributed by atoms with Gasteiger partial charge >= 0.3 is 5.97 Å². The molecule has 0 unspecified atom stereocenters. The van der Waals surface area contributed by atoms with E-state index in [4.69, 9.17) is 39.5 Å². The molecule has 0 N–H and O–H groups in total. The van der Waals surface area contributed by atoms with Gasteiger partial charge in [0.2, 0.25) is 3.79 Å². The molecule has 0 saturated carbocycles. The molecule has 0 fully saturated rings. The molecule has 0 saturated heterocycles. The second-order valence-electron chi connectivity index (χ2n) is 5.66. The van der Waals surface area contributed by atoms with Crippen LogP contribution in [-0.2, 0) is 9.53 Å². The molecule has 126 valence electrons. The van der Waals surface area contributed by atoms with Crippen LogP contribution in [0.4, 0.5) is 0 Å². The van der Waals surface area contributed by atoms with Gasteiger partial charge in [-0.3, -0.25) is 0 Å². The van der Waals surface area contributed by atoms with E-state index in [9.17, 15) is 4.79 Å². The summed E-state index contributed by atoms with van der Waals surface area (Å²) in [4.78, 5) is 15.5. The van der Waals surface area contributed by atoms with Gasteiger partial charge in [-0.1, -0.05) is 59.9 Å². The van der Waals surface area contributed by atoms with Crippen molar-refractivity contribution in [2.45, 2.75) is 56.9 Å². The largest absolute Gasteiger partial charge is 0.452 e. The van der Waals surface area contributed by atoms with E-state index in [1.165, 1.54) is 11.0 Å². The standard InChI is InChI=1S/C15H22Cl3NO2S/c1-6-7-8-19-10(2)11(3)22-12(19)9-13(20)21-14(4,5)15(16,17)18/h9H,6-8H2,1-5H3/b12-9-. The Morgan fingerprint density at radius 2 is 1.91 bits per heavy atom. The van der Waals surface area contributed by atoms with Crippen LogP contribution in [-0.4, -0.2) is 26.8 Å². The van der Waals surface area contributed by atoms with E-state index in [2.05, 4.69) is 18.7 Å². The van der Waals surface area contributed by atoms with E-state index >= 15 is 0 Å². The minimum absolute atomic E-state index is 0.511. The topological polar surface area (TPSA) is 29.5 Å². The quantitative estimate of drug-likeness (QED) is 0.348. The van der Waals surface area contributed by atoms with Crippen LogP contribution in [0.2, 0.25) is 0 Å². The Hall–Kier alpha value is -0.0300. The number of rotatable bonds is 5. The van der Waals surface area contributed by atoms with Gasteiger partial charge in [0, 0.05) is 17.1 Å². The lowest BCUT2D eigenvalue weighted by Gasteiger charge is -2.31. The summed E-state index contributed by atoms with van der Waals surface area (Å²) < 4.78 is 3.63. The van der Waals surface area contributed by atoms with Gasteiger partial charge in [-0.05, 0) is 34.1 Å². The Morgan fingerprint density at radius 1 is 1.32 bits per heavy atom. The molecule has 0 aromatic rings. The Bertz CT molecular complexity index is 496. The summed E-state index contributed by atoms with van der Waals surface area (Å²) >= 11 is 19.1. The summed E-state index contributed by atoms with van der Waals surface area (Å²) in [6.45, 7) is 10.2. The van der Waals surface area contributed by atoms with Crippen molar-refractivity contribution >= 4 is 52.5 Å². The summed E-state index contributed by atoms with van der Waals surface area (Å²) in [6, 6.07) is 0. The number of thioether (sulfide) groups is 1. The van der Waals surface area contributed by atoms with Crippen LogP contribution in [0.15, 0.2) is 21.7 Å². The lowest BCUT2D eigenvalue weighted by molar-refractivity contribution is -0.149.